The van der Waals surface area contributed by atoms with Gasteiger partial charge in [-0.3, -0.25) is 3.71 Å². The Labute approximate surface area is 96.3 Å². The second kappa shape index (κ2) is 10.7. The molecule has 4 heteroatoms. The van der Waals surface area contributed by atoms with E-state index in [0.717, 1.165) is 0 Å². The van der Waals surface area contributed by atoms with E-state index in [2.05, 4.69) is 17.6 Å². The minimum atomic E-state index is 1.18. The molecule has 0 heterocycles. The van der Waals surface area contributed by atoms with E-state index >= 15 is 0 Å². The summed E-state index contributed by atoms with van der Waals surface area (Å²) in [4.78, 5) is 0. The van der Waals surface area contributed by atoms with Crippen LogP contribution >= 0.6 is 36.1 Å². The smallest absolute Gasteiger partial charge is 0.0862 e. The Hall–Kier alpha value is 0.590. The van der Waals surface area contributed by atoms with Gasteiger partial charge in [0, 0.05) is 11.5 Å². The van der Waals surface area contributed by atoms with Gasteiger partial charge in [0.2, 0.25) is 0 Å². The second-order valence-electron chi connectivity index (χ2n) is 2.76. The number of unbranched alkanes of at least 4 members (excludes halogenated alkanes) is 2. The van der Waals surface area contributed by atoms with E-state index in [-0.39, 0.29) is 0 Å². The Bertz CT molecular complexity index is 109. The first-order chi connectivity index (χ1) is 6.35. The fourth-order valence-corrected chi connectivity index (χ4v) is 3.12. The highest BCUT2D eigenvalue weighted by molar-refractivity contribution is 8.13. The van der Waals surface area contributed by atoms with E-state index in [1.54, 1.807) is 5.49 Å². The van der Waals surface area contributed by atoms with Crippen LogP contribution in [0.4, 0.5) is 0 Å². The molecule has 0 amide bonds. The summed E-state index contributed by atoms with van der Waals surface area (Å²) in [6.07, 6.45) is 5.08. The number of rotatable bonds is 9. The van der Waals surface area contributed by atoms with Crippen LogP contribution in [0.5, 0.6) is 0 Å². The van der Waals surface area contributed by atoms with Crippen LogP contribution in [0, 0.1) is 0 Å². The van der Waals surface area contributed by atoms with Gasteiger partial charge in [-0.25, -0.2) is 0 Å². The first kappa shape index (κ1) is 13.6. The van der Waals surface area contributed by atoms with Crippen molar-refractivity contribution in [1.29, 1.82) is 0 Å². The Morgan fingerprint density at radius 3 is 1.85 bits per heavy atom. The largest absolute Gasteiger partial charge is 0.255 e. The third-order valence-corrected chi connectivity index (χ3v) is 4.29. The molecule has 0 aromatic heterocycles. The minimum Gasteiger partial charge on any atom is -0.255 e. The average Bonchev–Trinajstić information content (AvgIpc) is 2.16. The number of nitrogens with zero attached hydrogens (tertiary/aromatic N) is 1. The first-order valence-electron chi connectivity index (χ1n) is 4.85. The lowest BCUT2D eigenvalue weighted by Gasteiger charge is -2.15. The topological polar surface area (TPSA) is 3.24 Å². The molecule has 0 saturated heterocycles. The van der Waals surface area contributed by atoms with E-state index in [4.69, 9.17) is 12.2 Å². The van der Waals surface area contributed by atoms with Crippen LogP contribution in [-0.4, -0.2) is 20.7 Å². The fourth-order valence-electron chi connectivity index (χ4n) is 0.696. The zero-order chi connectivity index (χ0) is 9.94. The van der Waals surface area contributed by atoms with E-state index in [1.165, 1.54) is 37.2 Å². The first-order valence-corrected chi connectivity index (χ1v) is 7.21. The summed E-state index contributed by atoms with van der Waals surface area (Å²) in [5.74, 6) is 2.37. The van der Waals surface area contributed by atoms with Crippen molar-refractivity contribution in [3.8, 4) is 0 Å². The summed E-state index contributed by atoms with van der Waals surface area (Å²) < 4.78 is 2.11. The highest BCUT2D eigenvalue weighted by Crippen LogP contribution is 2.21. The molecule has 0 radical (unpaired) electrons. The van der Waals surface area contributed by atoms with Gasteiger partial charge < -0.3 is 0 Å². The fraction of sp³-hybridized carbons (Fsp3) is 0.889. The molecular formula is C9H19NS3. The van der Waals surface area contributed by atoms with Crippen LogP contribution in [0.25, 0.3) is 0 Å². The Balaban J connectivity index is 3.34. The number of hydrogen-bond acceptors (Lipinski definition) is 3. The van der Waals surface area contributed by atoms with Gasteiger partial charge >= 0.3 is 0 Å². The van der Waals surface area contributed by atoms with Crippen molar-refractivity contribution in [3.05, 3.63) is 0 Å². The zero-order valence-electron chi connectivity index (χ0n) is 8.49. The standard InChI is InChI=1S/C9H19NS3/c1-3-5-7-12-10(9-11)13-8-6-4-2/h9H,3-8H2,1-2H3. The molecule has 0 aliphatic heterocycles. The molecule has 0 saturated carbocycles. The van der Waals surface area contributed by atoms with E-state index < -0.39 is 0 Å². The molecule has 0 spiro atoms. The van der Waals surface area contributed by atoms with Crippen LogP contribution in [-0.2, 0) is 0 Å². The van der Waals surface area contributed by atoms with Crippen LogP contribution in [0.2, 0.25) is 0 Å². The van der Waals surface area contributed by atoms with Gasteiger partial charge in [0.25, 0.3) is 0 Å². The van der Waals surface area contributed by atoms with Gasteiger partial charge in [0.05, 0.1) is 5.49 Å². The van der Waals surface area contributed by atoms with Gasteiger partial charge in [-0.05, 0) is 36.7 Å². The SMILES string of the molecule is CCCCSN(C=S)SCCCC. The highest BCUT2D eigenvalue weighted by Gasteiger charge is 1.99. The highest BCUT2D eigenvalue weighted by atomic mass is 32.2. The molecule has 0 N–H and O–H groups in total. The maximum absolute atomic E-state index is 4.93. The molecule has 0 unspecified atom stereocenters. The lowest BCUT2D eigenvalue weighted by Crippen LogP contribution is -2.03. The summed E-state index contributed by atoms with van der Waals surface area (Å²) in [5.41, 5.74) is 1.75. The zero-order valence-corrected chi connectivity index (χ0v) is 10.9. The summed E-state index contributed by atoms with van der Waals surface area (Å²) in [6, 6.07) is 0. The van der Waals surface area contributed by atoms with E-state index in [1.807, 2.05) is 23.9 Å². The van der Waals surface area contributed by atoms with E-state index in [0.29, 0.717) is 0 Å². The summed E-state index contributed by atoms with van der Waals surface area (Å²) >= 11 is 8.60. The van der Waals surface area contributed by atoms with Gasteiger partial charge in [-0.1, -0.05) is 38.9 Å². The second-order valence-corrected chi connectivity index (χ2v) is 5.33. The van der Waals surface area contributed by atoms with Crippen molar-refractivity contribution < 1.29 is 0 Å². The molecule has 1 nitrogen and oxygen atoms in total. The van der Waals surface area contributed by atoms with Crippen LogP contribution in [0.1, 0.15) is 39.5 Å². The molecule has 0 aliphatic carbocycles. The monoisotopic (exact) mass is 237 g/mol. The summed E-state index contributed by atoms with van der Waals surface area (Å²) in [6.45, 7) is 4.43. The summed E-state index contributed by atoms with van der Waals surface area (Å²) in [5, 5.41) is 0. The van der Waals surface area contributed by atoms with Crippen molar-refractivity contribution in [3.63, 3.8) is 0 Å². The molecule has 0 rings (SSSR count). The lowest BCUT2D eigenvalue weighted by atomic mass is 10.4. The molecule has 0 aliphatic rings. The summed E-state index contributed by atoms with van der Waals surface area (Å²) in [7, 11) is 0. The normalized spacial score (nSPS) is 10.0. The van der Waals surface area contributed by atoms with E-state index in [9.17, 15) is 0 Å². The Morgan fingerprint density at radius 2 is 1.54 bits per heavy atom. The average molecular weight is 237 g/mol. The maximum Gasteiger partial charge on any atom is 0.0862 e. The number of hydrogen-bond donors (Lipinski definition) is 0. The maximum atomic E-state index is 4.93. The quantitative estimate of drug-likeness (QED) is 0.337. The molecule has 13 heavy (non-hydrogen) atoms. The van der Waals surface area contributed by atoms with Crippen molar-refractivity contribution in [2.45, 2.75) is 39.5 Å². The van der Waals surface area contributed by atoms with Crippen molar-refractivity contribution in [1.82, 2.24) is 3.71 Å². The molecule has 0 atom stereocenters. The van der Waals surface area contributed by atoms with Crippen LogP contribution in [0.15, 0.2) is 0 Å². The van der Waals surface area contributed by atoms with Crippen molar-refractivity contribution in [2.24, 2.45) is 0 Å². The molecule has 78 valence electrons. The van der Waals surface area contributed by atoms with Crippen molar-refractivity contribution >= 4 is 41.6 Å². The Kier molecular flexibility index (Phi) is 11.2. The predicted molar refractivity (Wildman–Crippen MR) is 70.2 cm³/mol. The van der Waals surface area contributed by atoms with Crippen LogP contribution < -0.4 is 0 Å². The van der Waals surface area contributed by atoms with Gasteiger partial charge in [-0.15, -0.1) is 0 Å². The van der Waals surface area contributed by atoms with Crippen molar-refractivity contribution in [2.75, 3.05) is 11.5 Å². The minimum absolute atomic E-state index is 1.18. The van der Waals surface area contributed by atoms with Gasteiger partial charge in [0.1, 0.15) is 0 Å². The molecule has 0 aromatic rings. The van der Waals surface area contributed by atoms with Gasteiger partial charge in [-0.2, -0.15) is 0 Å². The third kappa shape index (κ3) is 8.91. The molecule has 0 bridgehead atoms. The predicted octanol–water partition coefficient (Wildman–Crippen LogP) is 4.14. The number of thiocarbonyl (C=S) groups is 1. The van der Waals surface area contributed by atoms with Gasteiger partial charge in [0.15, 0.2) is 0 Å². The molecule has 0 fully saturated rings. The Morgan fingerprint density at radius 1 is 1.08 bits per heavy atom. The van der Waals surface area contributed by atoms with Crippen LogP contribution in [0.3, 0.4) is 0 Å². The molecule has 0 aromatic carbocycles. The molecular weight excluding hydrogens is 218 g/mol. The lowest BCUT2D eigenvalue weighted by molar-refractivity contribution is 0.885. The third-order valence-electron chi connectivity index (χ3n) is 1.52.